The van der Waals surface area contributed by atoms with E-state index in [1.807, 2.05) is 36.4 Å². The summed E-state index contributed by atoms with van der Waals surface area (Å²) in [5.41, 5.74) is 1.02. The molecule has 2 aromatic carbocycles. The van der Waals surface area contributed by atoms with Gasteiger partial charge in [0.1, 0.15) is 0 Å². The van der Waals surface area contributed by atoms with Crippen LogP contribution in [0.4, 0.5) is 0 Å². The van der Waals surface area contributed by atoms with E-state index < -0.39 is 15.5 Å². The highest BCUT2D eigenvalue weighted by Crippen LogP contribution is 2.31. The van der Waals surface area contributed by atoms with E-state index in [0.29, 0.717) is 11.6 Å². The molecule has 1 unspecified atom stereocenters. The van der Waals surface area contributed by atoms with Gasteiger partial charge in [0, 0.05) is 17.3 Å². The van der Waals surface area contributed by atoms with Crippen LogP contribution in [0.1, 0.15) is 5.56 Å². The molecule has 1 aliphatic rings. The second kappa shape index (κ2) is 7.17. The first kappa shape index (κ1) is 17.9. The molecule has 2 aromatic rings. The van der Waals surface area contributed by atoms with Gasteiger partial charge < -0.3 is 10.4 Å². The Morgan fingerprint density at radius 1 is 1.12 bits per heavy atom. The van der Waals surface area contributed by atoms with Crippen LogP contribution < -0.4 is 5.32 Å². The van der Waals surface area contributed by atoms with Gasteiger partial charge in [-0.05, 0) is 35.9 Å². The normalized spacial score (nSPS) is 20.2. The SMILES string of the molecule is O=S(=O)(OCC1(CO)C=C(c2ccccc2)NC1)c1ccc(Cl)cc1. The Labute approximate surface area is 152 Å². The third kappa shape index (κ3) is 4.04. The fraction of sp³-hybridized carbons (Fsp3) is 0.222. The third-order valence-electron chi connectivity index (χ3n) is 4.08. The third-order valence-corrected chi connectivity index (χ3v) is 5.61. The van der Waals surface area contributed by atoms with Crippen molar-refractivity contribution in [1.82, 2.24) is 5.32 Å². The molecular weight excluding hydrogens is 362 g/mol. The molecule has 3 rings (SSSR count). The predicted octanol–water partition coefficient (Wildman–Crippen LogP) is 2.67. The molecule has 2 N–H and O–H groups in total. The van der Waals surface area contributed by atoms with Crippen LogP contribution in [-0.4, -0.2) is 33.3 Å². The fourth-order valence-corrected chi connectivity index (χ4v) is 3.71. The summed E-state index contributed by atoms with van der Waals surface area (Å²) in [6.45, 7) is 0.00807. The molecule has 1 atom stereocenters. The number of halogens is 1. The molecular formula is C18H18ClNO4S. The van der Waals surface area contributed by atoms with Crippen molar-refractivity contribution >= 4 is 27.4 Å². The molecule has 0 aliphatic carbocycles. The molecule has 0 saturated carbocycles. The van der Waals surface area contributed by atoms with E-state index >= 15 is 0 Å². The number of nitrogens with one attached hydrogen (secondary N) is 1. The second-order valence-corrected chi connectivity index (χ2v) is 8.02. The lowest BCUT2D eigenvalue weighted by Gasteiger charge is -2.23. The van der Waals surface area contributed by atoms with Crippen molar-refractivity contribution in [3.8, 4) is 0 Å². The van der Waals surface area contributed by atoms with Crippen LogP contribution in [0.5, 0.6) is 0 Å². The van der Waals surface area contributed by atoms with E-state index in [9.17, 15) is 13.5 Å². The van der Waals surface area contributed by atoms with Gasteiger partial charge in [-0.25, -0.2) is 0 Å². The molecule has 25 heavy (non-hydrogen) atoms. The average Bonchev–Trinajstić information content (AvgIpc) is 3.07. The van der Waals surface area contributed by atoms with E-state index in [4.69, 9.17) is 15.8 Å². The highest BCUT2D eigenvalue weighted by Gasteiger charge is 2.35. The van der Waals surface area contributed by atoms with Crippen molar-refractivity contribution in [2.24, 2.45) is 5.41 Å². The summed E-state index contributed by atoms with van der Waals surface area (Å²) in [6.07, 6.45) is 1.83. The summed E-state index contributed by atoms with van der Waals surface area (Å²) in [6, 6.07) is 15.4. The van der Waals surface area contributed by atoms with Gasteiger partial charge in [0.05, 0.1) is 23.5 Å². The Morgan fingerprint density at radius 3 is 2.44 bits per heavy atom. The van der Waals surface area contributed by atoms with Gasteiger partial charge in [-0.1, -0.05) is 41.9 Å². The summed E-state index contributed by atoms with van der Waals surface area (Å²) >= 11 is 5.78. The molecule has 0 saturated heterocycles. The smallest absolute Gasteiger partial charge is 0.297 e. The first-order chi connectivity index (χ1) is 11.9. The van der Waals surface area contributed by atoms with Crippen molar-refractivity contribution in [2.45, 2.75) is 4.90 Å². The van der Waals surface area contributed by atoms with Crippen molar-refractivity contribution in [3.05, 3.63) is 71.3 Å². The maximum atomic E-state index is 12.3. The van der Waals surface area contributed by atoms with Crippen LogP contribution in [0.3, 0.4) is 0 Å². The minimum atomic E-state index is -3.92. The van der Waals surface area contributed by atoms with Crippen LogP contribution in [0.15, 0.2) is 65.6 Å². The van der Waals surface area contributed by atoms with Crippen molar-refractivity contribution in [2.75, 3.05) is 19.8 Å². The fourth-order valence-electron chi connectivity index (χ4n) is 2.59. The Bertz CT molecular complexity index is 866. The lowest BCUT2D eigenvalue weighted by Crippen LogP contribution is -2.34. The number of aliphatic hydroxyl groups excluding tert-OH is 1. The van der Waals surface area contributed by atoms with Crippen LogP contribution in [-0.2, 0) is 14.3 Å². The van der Waals surface area contributed by atoms with Gasteiger partial charge in [-0.15, -0.1) is 0 Å². The van der Waals surface area contributed by atoms with Gasteiger partial charge in [-0.2, -0.15) is 8.42 Å². The molecule has 7 heteroatoms. The predicted molar refractivity (Wildman–Crippen MR) is 96.5 cm³/mol. The van der Waals surface area contributed by atoms with E-state index in [0.717, 1.165) is 11.3 Å². The number of aliphatic hydroxyl groups is 1. The largest absolute Gasteiger partial charge is 0.395 e. The molecule has 5 nitrogen and oxygen atoms in total. The molecule has 0 aromatic heterocycles. The number of benzene rings is 2. The molecule has 1 heterocycles. The molecule has 0 fully saturated rings. The zero-order chi connectivity index (χ0) is 17.9. The minimum absolute atomic E-state index is 0.0307. The quantitative estimate of drug-likeness (QED) is 0.755. The first-order valence-electron chi connectivity index (χ1n) is 7.72. The Hall–Kier alpha value is -1.86. The molecule has 0 radical (unpaired) electrons. The standard InChI is InChI=1S/C18H18ClNO4S/c19-15-6-8-16(9-7-15)25(22,23)24-13-18(12-21)10-17(20-11-18)14-4-2-1-3-5-14/h1-10,20-21H,11-13H2. The molecule has 1 aliphatic heterocycles. The van der Waals surface area contributed by atoms with Crippen molar-refractivity contribution in [3.63, 3.8) is 0 Å². The molecule has 0 spiro atoms. The summed E-state index contributed by atoms with van der Waals surface area (Å²) in [4.78, 5) is 0.0307. The Kier molecular flexibility index (Phi) is 5.15. The highest BCUT2D eigenvalue weighted by molar-refractivity contribution is 7.86. The van der Waals surface area contributed by atoms with E-state index in [2.05, 4.69) is 5.32 Å². The van der Waals surface area contributed by atoms with Crippen LogP contribution in [0, 0.1) is 5.41 Å². The van der Waals surface area contributed by atoms with Gasteiger partial charge in [0.15, 0.2) is 0 Å². The summed E-state index contributed by atoms with van der Waals surface area (Å²) in [7, 11) is -3.92. The summed E-state index contributed by atoms with van der Waals surface area (Å²) < 4.78 is 29.8. The van der Waals surface area contributed by atoms with Gasteiger partial charge in [0.2, 0.25) is 0 Å². The summed E-state index contributed by atoms with van der Waals surface area (Å²) in [5, 5.41) is 13.5. The van der Waals surface area contributed by atoms with Gasteiger partial charge >= 0.3 is 0 Å². The zero-order valence-corrected chi connectivity index (χ0v) is 14.9. The minimum Gasteiger partial charge on any atom is -0.395 e. The van der Waals surface area contributed by atoms with E-state index in [-0.39, 0.29) is 18.1 Å². The number of hydrogen-bond acceptors (Lipinski definition) is 5. The Morgan fingerprint density at radius 2 is 1.80 bits per heavy atom. The molecule has 132 valence electrons. The monoisotopic (exact) mass is 379 g/mol. The van der Waals surface area contributed by atoms with E-state index in [1.165, 1.54) is 24.3 Å². The lowest BCUT2D eigenvalue weighted by atomic mass is 9.91. The zero-order valence-electron chi connectivity index (χ0n) is 13.4. The van der Waals surface area contributed by atoms with Gasteiger partial charge in [-0.3, -0.25) is 4.18 Å². The summed E-state index contributed by atoms with van der Waals surface area (Å²) in [5.74, 6) is 0. The number of rotatable bonds is 6. The van der Waals surface area contributed by atoms with Crippen molar-refractivity contribution < 1.29 is 17.7 Å². The lowest BCUT2D eigenvalue weighted by molar-refractivity contribution is 0.117. The maximum Gasteiger partial charge on any atom is 0.297 e. The molecule has 0 bridgehead atoms. The second-order valence-electron chi connectivity index (χ2n) is 5.97. The first-order valence-corrected chi connectivity index (χ1v) is 9.51. The Balaban J connectivity index is 1.77. The van der Waals surface area contributed by atoms with Crippen LogP contribution >= 0.6 is 11.6 Å². The van der Waals surface area contributed by atoms with Gasteiger partial charge in [0.25, 0.3) is 10.1 Å². The maximum absolute atomic E-state index is 12.3. The topological polar surface area (TPSA) is 75.6 Å². The van der Waals surface area contributed by atoms with Crippen LogP contribution in [0.2, 0.25) is 5.02 Å². The molecule has 0 amide bonds. The van der Waals surface area contributed by atoms with Crippen LogP contribution in [0.25, 0.3) is 5.70 Å². The van der Waals surface area contributed by atoms with Crippen molar-refractivity contribution in [1.29, 1.82) is 0 Å². The van der Waals surface area contributed by atoms with E-state index in [1.54, 1.807) is 0 Å². The highest BCUT2D eigenvalue weighted by atomic mass is 35.5. The average molecular weight is 380 g/mol. The number of hydrogen-bond donors (Lipinski definition) is 2.